The predicted octanol–water partition coefficient (Wildman–Crippen LogP) is 3.65. The molecule has 1 N–H and O–H groups in total. The number of hydrogen-bond acceptors (Lipinski definition) is 5. The highest BCUT2D eigenvalue weighted by atomic mass is 16.5. The van der Waals surface area contributed by atoms with Crippen molar-refractivity contribution in [2.45, 2.75) is 26.2 Å². The zero-order valence-corrected chi connectivity index (χ0v) is 16.9. The number of esters is 1. The summed E-state index contributed by atoms with van der Waals surface area (Å²) in [6.07, 6.45) is 3.37. The molecule has 1 amide bonds. The van der Waals surface area contributed by atoms with Crippen LogP contribution in [0.2, 0.25) is 0 Å². The summed E-state index contributed by atoms with van der Waals surface area (Å²) in [5, 5.41) is 4.05. The lowest BCUT2D eigenvalue weighted by atomic mass is 9.84. The third-order valence-electron chi connectivity index (χ3n) is 4.90. The third-order valence-corrected chi connectivity index (χ3v) is 4.90. The molecule has 0 spiro atoms. The lowest BCUT2D eigenvalue weighted by Crippen LogP contribution is -2.32. The minimum absolute atomic E-state index is 0.115. The fourth-order valence-electron chi connectivity index (χ4n) is 3.50. The van der Waals surface area contributed by atoms with Crippen molar-refractivity contribution in [3.8, 4) is 0 Å². The van der Waals surface area contributed by atoms with Crippen LogP contribution >= 0.6 is 0 Å². The highest BCUT2D eigenvalue weighted by Crippen LogP contribution is 2.47. The Hall–Kier alpha value is -3.41. The van der Waals surface area contributed by atoms with Gasteiger partial charge in [0.05, 0.1) is 6.61 Å². The van der Waals surface area contributed by atoms with E-state index in [0.29, 0.717) is 12.2 Å². The summed E-state index contributed by atoms with van der Waals surface area (Å²) in [6, 6.07) is 16.9. The summed E-state index contributed by atoms with van der Waals surface area (Å²) < 4.78 is 5.14. The number of amides is 1. The second kappa shape index (κ2) is 8.73. The molecule has 0 aliphatic carbocycles. The van der Waals surface area contributed by atoms with Crippen LogP contribution in [0.15, 0.2) is 71.5 Å². The van der Waals surface area contributed by atoms with Crippen LogP contribution in [0, 0.1) is 0 Å². The van der Waals surface area contributed by atoms with Gasteiger partial charge < -0.3 is 9.64 Å². The Morgan fingerprint density at radius 2 is 1.79 bits per heavy atom. The van der Waals surface area contributed by atoms with Gasteiger partial charge in [-0.1, -0.05) is 50.2 Å². The number of hydrazone groups is 1. The zero-order chi connectivity index (χ0) is 20.9. The minimum atomic E-state index is -0.321. The van der Waals surface area contributed by atoms with E-state index in [-0.39, 0.29) is 23.8 Å². The van der Waals surface area contributed by atoms with Gasteiger partial charge >= 0.3 is 5.97 Å². The maximum absolute atomic E-state index is 12.2. The van der Waals surface area contributed by atoms with E-state index < -0.39 is 0 Å². The van der Waals surface area contributed by atoms with Gasteiger partial charge in [-0.3, -0.25) is 9.59 Å². The van der Waals surface area contributed by atoms with Gasteiger partial charge in [-0.05, 0) is 36.8 Å². The number of benzene rings is 2. The molecular formula is C23H25N3O3. The molecule has 0 bridgehead atoms. The quantitative estimate of drug-likeness (QED) is 0.464. The number of hydrogen-bond donors (Lipinski definition) is 1. The van der Waals surface area contributed by atoms with Crippen molar-refractivity contribution < 1.29 is 14.3 Å². The average Bonchev–Trinajstić information content (AvgIpc) is 2.93. The monoisotopic (exact) mass is 391 g/mol. The Kier molecular flexibility index (Phi) is 6.12. The molecular weight excluding hydrogens is 366 g/mol. The van der Waals surface area contributed by atoms with Gasteiger partial charge in [0.1, 0.15) is 6.54 Å². The van der Waals surface area contributed by atoms with Gasteiger partial charge in [-0.2, -0.15) is 5.10 Å². The molecule has 6 nitrogen and oxygen atoms in total. The number of rotatable bonds is 6. The molecule has 1 heterocycles. The fourth-order valence-corrected chi connectivity index (χ4v) is 3.50. The molecule has 0 saturated carbocycles. The first-order valence-corrected chi connectivity index (χ1v) is 9.57. The van der Waals surface area contributed by atoms with Crippen molar-refractivity contribution in [3.05, 3.63) is 77.5 Å². The summed E-state index contributed by atoms with van der Waals surface area (Å²) in [7, 11) is 0. The second-order valence-electron chi connectivity index (χ2n) is 7.17. The van der Waals surface area contributed by atoms with E-state index in [9.17, 15) is 9.59 Å². The van der Waals surface area contributed by atoms with Crippen LogP contribution in [0.1, 0.15) is 36.7 Å². The maximum Gasteiger partial charge on any atom is 0.325 e. The topological polar surface area (TPSA) is 71.0 Å². The molecule has 2 aromatic rings. The predicted molar refractivity (Wildman–Crippen MR) is 114 cm³/mol. The smallest absolute Gasteiger partial charge is 0.325 e. The summed E-state index contributed by atoms with van der Waals surface area (Å²) in [5.74, 6) is -0.571. The van der Waals surface area contributed by atoms with Crippen LogP contribution in [0.4, 0.5) is 5.69 Å². The maximum atomic E-state index is 12.2. The van der Waals surface area contributed by atoms with Gasteiger partial charge in [-0.15, -0.1) is 0 Å². The normalized spacial score (nSPS) is 16.1. The number of carbonyl (C=O) groups excluding carboxylic acids is 2. The highest BCUT2D eigenvalue weighted by molar-refractivity contribution is 5.94. The number of nitrogens with zero attached hydrogens (tertiary/aromatic N) is 2. The molecule has 6 heteroatoms. The number of carbonyl (C=O) groups is 2. The van der Waals surface area contributed by atoms with Crippen molar-refractivity contribution in [2.24, 2.45) is 5.10 Å². The molecule has 0 unspecified atom stereocenters. The van der Waals surface area contributed by atoms with E-state index in [2.05, 4.69) is 30.4 Å². The number of nitrogens with one attached hydrogen (secondary N) is 1. The average molecular weight is 391 g/mol. The molecule has 0 atom stereocenters. The van der Waals surface area contributed by atoms with Crippen LogP contribution < -0.4 is 10.3 Å². The fraction of sp³-hybridized carbons (Fsp3) is 0.261. The molecule has 0 saturated heterocycles. The Bertz CT molecular complexity index is 949. The van der Waals surface area contributed by atoms with Gasteiger partial charge in [0, 0.05) is 28.6 Å². The Balaban J connectivity index is 1.82. The van der Waals surface area contributed by atoms with Gasteiger partial charge in [0.25, 0.3) is 5.91 Å². The lowest BCUT2D eigenvalue weighted by Gasteiger charge is -2.26. The van der Waals surface area contributed by atoms with E-state index >= 15 is 0 Å². The summed E-state index contributed by atoms with van der Waals surface area (Å²) in [6.45, 7) is 6.44. The van der Waals surface area contributed by atoms with Gasteiger partial charge in [-0.25, -0.2) is 5.43 Å². The molecule has 29 heavy (non-hydrogen) atoms. The van der Waals surface area contributed by atoms with E-state index in [1.165, 1.54) is 0 Å². The largest absolute Gasteiger partial charge is 0.465 e. The molecule has 150 valence electrons. The van der Waals surface area contributed by atoms with Gasteiger partial charge in [0.2, 0.25) is 0 Å². The van der Waals surface area contributed by atoms with E-state index in [1.807, 2.05) is 35.2 Å². The molecule has 0 radical (unpaired) electrons. The first-order valence-electron chi connectivity index (χ1n) is 9.57. The molecule has 0 fully saturated rings. The van der Waals surface area contributed by atoms with Crippen LogP contribution in [0.5, 0.6) is 0 Å². The van der Waals surface area contributed by atoms with Crippen molar-refractivity contribution >= 4 is 23.8 Å². The Morgan fingerprint density at radius 3 is 2.52 bits per heavy atom. The highest BCUT2D eigenvalue weighted by Gasteiger charge is 2.40. The van der Waals surface area contributed by atoms with Crippen molar-refractivity contribution in [2.75, 3.05) is 18.1 Å². The van der Waals surface area contributed by atoms with Gasteiger partial charge in [0.15, 0.2) is 0 Å². The van der Waals surface area contributed by atoms with Crippen molar-refractivity contribution in [1.29, 1.82) is 0 Å². The Labute approximate surface area is 170 Å². The number of para-hydroxylation sites is 1. The zero-order valence-electron chi connectivity index (χ0n) is 16.9. The van der Waals surface area contributed by atoms with Crippen LogP contribution in [-0.4, -0.2) is 31.2 Å². The summed E-state index contributed by atoms with van der Waals surface area (Å²) >= 11 is 0. The summed E-state index contributed by atoms with van der Waals surface area (Å²) in [5.41, 5.74) is 5.74. The van der Waals surface area contributed by atoms with Crippen molar-refractivity contribution in [1.82, 2.24) is 5.43 Å². The van der Waals surface area contributed by atoms with Crippen LogP contribution in [0.3, 0.4) is 0 Å². The molecule has 2 aromatic carbocycles. The lowest BCUT2D eigenvalue weighted by molar-refractivity contribution is -0.141. The third kappa shape index (κ3) is 4.37. The van der Waals surface area contributed by atoms with E-state index in [0.717, 1.165) is 16.9 Å². The molecule has 0 aromatic heterocycles. The number of allylic oxidation sites excluding steroid dienone is 2. The number of anilines is 1. The van der Waals surface area contributed by atoms with E-state index in [4.69, 9.17) is 4.74 Å². The summed E-state index contributed by atoms with van der Waals surface area (Å²) in [4.78, 5) is 26.2. The van der Waals surface area contributed by atoms with Crippen molar-refractivity contribution in [3.63, 3.8) is 0 Å². The second-order valence-corrected chi connectivity index (χ2v) is 7.17. The SMILES string of the molecule is CCOC(=O)CN1/C(=C\C=N\NC(=O)c2ccccc2)C(C)(C)c2ccccc21. The standard InChI is InChI=1S/C23H25N3O3/c1-4-29-21(27)16-26-19-13-9-8-12-18(19)23(2,3)20(26)14-15-24-25-22(28)17-10-6-5-7-11-17/h5-15H,4,16H2,1-3H3,(H,25,28)/b20-14-,24-15+. The van der Waals surface area contributed by atoms with E-state index in [1.54, 1.807) is 37.4 Å². The number of ether oxygens (including phenoxy) is 1. The van der Waals surface area contributed by atoms with Crippen LogP contribution in [0.25, 0.3) is 0 Å². The molecule has 3 rings (SSSR count). The Morgan fingerprint density at radius 1 is 1.10 bits per heavy atom. The molecule has 1 aliphatic heterocycles. The first-order chi connectivity index (χ1) is 13.9. The van der Waals surface area contributed by atoms with Crippen LogP contribution in [-0.2, 0) is 14.9 Å². The first kappa shape index (κ1) is 20.3. The molecule has 1 aliphatic rings. The minimum Gasteiger partial charge on any atom is -0.465 e. The number of fused-ring (bicyclic) bond motifs is 1.